The number of hydrogen-bond acceptors (Lipinski definition) is 5. The van der Waals surface area contributed by atoms with Gasteiger partial charge in [0.15, 0.2) is 4.34 Å². The molecule has 0 aliphatic heterocycles. The maximum absolute atomic E-state index is 6.99. The number of nitrogens with two attached hydrogens (primary N) is 1. The molecule has 1 aromatic rings. The third-order valence-electron chi connectivity index (χ3n) is 1.16. The van der Waals surface area contributed by atoms with Crippen molar-refractivity contribution in [2.45, 2.75) is 17.2 Å². The Labute approximate surface area is 79.1 Å². The molecule has 0 aliphatic rings. The third-order valence-corrected chi connectivity index (χ3v) is 3.10. The van der Waals surface area contributed by atoms with Crippen molar-refractivity contribution < 1.29 is 0 Å². The average molecular weight is 202 g/mol. The van der Waals surface area contributed by atoms with Gasteiger partial charge in [-0.15, -0.1) is 10.2 Å². The van der Waals surface area contributed by atoms with Crippen LogP contribution in [-0.4, -0.2) is 21.8 Å². The first-order valence-corrected chi connectivity index (χ1v) is 5.37. The van der Waals surface area contributed by atoms with Crippen LogP contribution in [0.4, 0.5) is 0 Å². The van der Waals surface area contributed by atoms with Crippen LogP contribution in [0.1, 0.15) is 12.8 Å². The van der Waals surface area contributed by atoms with E-state index in [1.807, 2.05) is 0 Å². The summed E-state index contributed by atoms with van der Waals surface area (Å²) < 4.78 is 0.985. The van der Waals surface area contributed by atoms with Gasteiger partial charge in [-0.3, -0.25) is 5.41 Å². The molecule has 6 heteroatoms. The summed E-state index contributed by atoms with van der Waals surface area (Å²) in [6.45, 7) is 0. The molecule has 0 saturated heterocycles. The number of rotatable bonds is 5. The van der Waals surface area contributed by atoms with Gasteiger partial charge < -0.3 is 5.73 Å². The van der Waals surface area contributed by atoms with Crippen molar-refractivity contribution in [3.63, 3.8) is 0 Å². The van der Waals surface area contributed by atoms with E-state index in [-0.39, 0.29) is 5.84 Å². The summed E-state index contributed by atoms with van der Waals surface area (Å²) in [4.78, 5) is 0. The Morgan fingerprint density at radius 2 is 2.58 bits per heavy atom. The SMILES string of the molecule is N=C(N)CCCSc1nncs1. The van der Waals surface area contributed by atoms with Gasteiger partial charge in [0.2, 0.25) is 0 Å². The van der Waals surface area contributed by atoms with Gasteiger partial charge in [0.05, 0.1) is 5.84 Å². The number of aromatic nitrogens is 2. The van der Waals surface area contributed by atoms with Gasteiger partial charge in [0.25, 0.3) is 0 Å². The van der Waals surface area contributed by atoms with E-state index in [1.165, 1.54) is 11.3 Å². The molecule has 0 radical (unpaired) electrons. The largest absolute Gasteiger partial charge is 0.388 e. The fourth-order valence-electron chi connectivity index (χ4n) is 0.648. The van der Waals surface area contributed by atoms with Crippen LogP contribution in [0.25, 0.3) is 0 Å². The second-order valence-corrected chi connectivity index (χ2v) is 4.36. The molecule has 66 valence electrons. The smallest absolute Gasteiger partial charge is 0.174 e. The minimum atomic E-state index is 0.257. The first-order valence-electron chi connectivity index (χ1n) is 3.51. The molecule has 3 N–H and O–H groups in total. The van der Waals surface area contributed by atoms with Gasteiger partial charge >= 0.3 is 0 Å². The Hall–Kier alpha value is -0.620. The molecule has 1 rings (SSSR count). The Morgan fingerprint density at radius 1 is 1.75 bits per heavy atom. The summed E-state index contributed by atoms with van der Waals surface area (Å²) in [5.41, 5.74) is 6.92. The lowest BCUT2D eigenvalue weighted by Crippen LogP contribution is -2.08. The molecule has 1 heterocycles. The van der Waals surface area contributed by atoms with E-state index in [0.29, 0.717) is 6.42 Å². The van der Waals surface area contributed by atoms with Crippen LogP contribution >= 0.6 is 23.1 Å². The second kappa shape index (κ2) is 5.10. The highest BCUT2D eigenvalue weighted by atomic mass is 32.2. The van der Waals surface area contributed by atoms with Crippen molar-refractivity contribution >= 4 is 28.9 Å². The Morgan fingerprint density at radius 3 is 3.17 bits per heavy atom. The summed E-state index contributed by atoms with van der Waals surface area (Å²) in [6.07, 6.45) is 1.60. The molecule has 0 amide bonds. The van der Waals surface area contributed by atoms with Crippen LogP contribution in [-0.2, 0) is 0 Å². The highest BCUT2D eigenvalue weighted by molar-refractivity contribution is 8.00. The zero-order valence-electron chi connectivity index (χ0n) is 6.49. The maximum Gasteiger partial charge on any atom is 0.174 e. The number of nitrogens with zero attached hydrogens (tertiary/aromatic N) is 2. The Balaban J connectivity index is 2.07. The van der Waals surface area contributed by atoms with Crippen LogP contribution in [0.15, 0.2) is 9.85 Å². The van der Waals surface area contributed by atoms with Gasteiger partial charge in [-0.05, 0) is 6.42 Å². The lowest BCUT2D eigenvalue weighted by atomic mass is 10.3. The van der Waals surface area contributed by atoms with Gasteiger partial charge in [0, 0.05) is 12.2 Å². The molecule has 0 unspecified atom stereocenters. The van der Waals surface area contributed by atoms with Gasteiger partial charge in [-0.1, -0.05) is 23.1 Å². The zero-order chi connectivity index (χ0) is 8.81. The molecular formula is C6H10N4S2. The first kappa shape index (κ1) is 9.47. The topological polar surface area (TPSA) is 75.7 Å². The molecule has 0 bridgehead atoms. The van der Waals surface area contributed by atoms with E-state index in [4.69, 9.17) is 11.1 Å². The molecule has 12 heavy (non-hydrogen) atoms. The fourth-order valence-corrected chi connectivity index (χ4v) is 2.15. The lowest BCUT2D eigenvalue weighted by Gasteiger charge is -1.95. The third kappa shape index (κ3) is 3.68. The van der Waals surface area contributed by atoms with Crippen LogP contribution in [0.3, 0.4) is 0 Å². The molecular weight excluding hydrogens is 192 g/mol. The molecule has 1 aromatic heterocycles. The minimum Gasteiger partial charge on any atom is -0.388 e. The molecule has 0 saturated carbocycles. The van der Waals surface area contributed by atoms with E-state index < -0.39 is 0 Å². The number of hydrogen-bond donors (Lipinski definition) is 2. The molecule has 0 spiro atoms. The van der Waals surface area contributed by atoms with Crippen molar-refractivity contribution in [3.05, 3.63) is 5.51 Å². The highest BCUT2D eigenvalue weighted by Gasteiger charge is 1.97. The first-order chi connectivity index (χ1) is 5.79. The zero-order valence-corrected chi connectivity index (χ0v) is 8.12. The van der Waals surface area contributed by atoms with Gasteiger partial charge in [-0.25, -0.2) is 0 Å². The van der Waals surface area contributed by atoms with E-state index in [9.17, 15) is 0 Å². The van der Waals surface area contributed by atoms with Crippen LogP contribution in [0, 0.1) is 5.41 Å². The van der Waals surface area contributed by atoms with Crippen molar-refractivity contribution in [2.24, 2.45) is 5.73 Å². The predicted octanol–water partition coefficient (Wildman–Crippen LogP) is 1.35. The quantitative estimate of drug-likeness (QED) is 0.327. The van der Waals surface area contributed by atoms with E-state index in [0.717, 1.165) is 16.5 Å². The van der Waals surface area contributed by atoms with E-state index >= 15 is 0 Å². The van der Waals surface area contributed by atoms with Crippen LogP contribution in [0.5, 0.6) is 0 Å². The Kier molecular flexibility index (Phi) is 4.02. The fraction of sp³-hybridized carbons (Fsp3) is 0.500. The predicted molar refractivity (Wildman–Crippen MR) is 51.8 cm³/mol. The minimum absolute atomic E-state index is 0.257. The van der Waals surface area contributed by atoms with Crippen molar-refractivity contribution in [1.82, 2.24) is 10.2 Å². The van der Waals surface area contributed by atoms with Crippen molar-refractivity contribution in [2.75, 3.05) is 5.75 Å². The summed E-state index contributed by atoms with van der Waals surface area (Å²) in [7, 11) is 0. The summed E-state index contributed by atoms with van der Waals surface area (Å²) in [6, 6.07) is 0. The molecule has 0 aliphatic carbocycles. The van der Waals surface area contributed by atoms with E-state index in [1.54, 1.807) is 17.3 Å². The molecule has 4 nitrogen and oxygen atoms in total. The van der Waals surface area contributed by atoms with Gasteiger partial charge in [-0.2, -0.15) is 0 Å². The normalized spacial score (nSPS) is 10.0. The molecule has 0 aromatic carbocycles. The average Bonchev–Trinajstić information content (AvgIpc) is 2.49. The summed E-state index contributed by atoms with van der Waals surface area (Å²) >= 11 is 3.20. The molecule has 0 fully saturated rings. The number of thioether (sulfide) groups is 1. The lowest BCUT2D eigenvalue weighted by molar-refractivity contribution is 0.976. The van der Waals surface area contributed by atoms with Gasteiger partial charge in [0.1, 0.15) is 5.51 Å². The maximum atomic E-state index is 6.99. The van der Waals surface area contributed by atoms with Crippen molar-refractivity contribution in [1.29, 1.82) is 5.41 Å². The Bertz CT molecular complexity index is 234. The number of nitrogens with one attached hydrogen (secondary N) is 1. The van der Waals surface area contributed by atoms with Crippen LogP contribution in [0.2, 0.25) is 0 Å². The molecule has 0 atom stereocenters. The van der Waals surface area contributed by atoms with E-state index in [2.05, 4.69) is 10.2 Å². The summed E-state index contributed by atoms with van der Waals surface area (Å²) in [5.74, 6) is 1.21. The van der Waals surface area contributed by atoms with Crippen molar-refractivity contribution in [3.8, 4) is 0 Å². The van der Waals surface area contributed by atoms with Crippen LogP contribution < -0.4 is 5.73 Å². The second-order valence-electron chi connectivity index (χ2n) is 2.18. The standard InChI is InChI=1S/C6H10N4S2/c7-5(8)2-1-3-11-6-10-9-4-12-6/h4H,1-3H2,(H3,7,8). The highest BCUT2D eigenvalue weighted by Crippen LogP contribution is 2.19. The monoisotopic (exact) mass is 202 g/mol. The summed E-state index contributed by atoms with van der Waals surface area (Å²) in [5, 5.41) is 14.6. The number of amidine groups is 1.